The topological polar surface area (TPSA) is 66.4 Å². The third kappa shape index (κ3) is 6.13. The minimum absolute atomic E-state index is 0.448. The molecular formula is C18H16F21N2O3+. The van der Waals surface area contributed by atoms with Crippen LogP contribution in [0.2, 0.25) is 0 Å². The van der Waals surface area contributed by atoms with Crippen molar-refractivity contribution in [2.75, 3.05) is 33.7 Å². The normalized spacial score (nSPS) is 15.8. The molecule has 0 rings (SSSR count). The van der Waals surface area contributed by atoms with Crippen LogP contribution in [-0.4, -0.2) is 115 Å². The van der Waals surface area contributed by atoms with Crippen LogP contribution in [-0.2, 0) is 9.59 Å². The molecule has 5 nitrogen and oxygen atoms in total. The van der Waals surface area contributed by atoms with Gasteiger partial charge in [-0.15, -0.1) is 0 Å². The number of quaternary nitrogens is 1. The van der Waals surface area contributed by atoms with Crippen LogP contribution < -0.4 is 5.32 Å². The van der Waals surface area contributed by atoms with Gasteiger partial charge in [0, 0.05) is 13.0 Å². The van der Waals surface area contributed by atoms with E-state index in [2.05, 4.69) is 0 Å². The molecule has 1 amide bonds. The van der Waals surface area contributed by atoms with Crippen LogP contribution in [0.25, 0.3) is 0 Å². The fraction of sp³-hybridized carbons (Fsp3) is 0.889. The third-order valence-corrected chi connectivity index (χ3v) is 5.58. The Kier molecular flexibility index (Phi) is 10.7. The lowest BCUT2D eigenvalue weighted by molar-refractivity contribution is -0.883. The molecule has 0 aromatic carbocycles. The first-order chi connectivity index (χ1) is 18.8. The predicted molar refractivity (Wildman–Crippen MR) is 97.7 cm³/mol. The number of nitrogens with one attached hydrogen (secondary N) is 1. The predicted octanol–water partition coefficient (Wildman–Crippen LogP) is 5.93. The zero-order valence-corrected chi connectivity index (χ0v) is 21.0. The van der Waals surface area contributed by atoms with E-state index in [1.165, 1.54) is 0 Å². The van der Waals surface area contributed by atoms with E-state index < -0.39 is 102 Å². The molecule has 262 valence electrons. The molecule has 0 aromatic rings. The highest BCUT2D eigenvalue weighted by Gasteiger charge is 2.98. The van der Waals surface area contributed by atoms with Gasteiger partial charge in [0.1, 0.15) is 0 Å². The molecule has 44 heavy (non-hydrogen) atoms. The summed E-state index contributed by atoms with van der Waals surface area (Å²) >= 11 is 0. The second kappa shape index (κ2) is 11.3. The average molecular weight is 707 g/mol. The molecule has 0 aliphatic rings. The summed E-state index contributed by atoms with van der Waals surface area (Å²) in [5.41, 5.74) is 0. The van der Waals surface area contributed by atoms with Crippen molar-refractivity contribution < 1.29 is 111 Å². The number of hydrogen-bond acceptors (Lipinski definition) is 2. The number of hydrogen-bond donors (Lipinski definition) is 2. The van der Waals surface area contributed by atoms with E-state index in [1.807, 2.05) is 0 Å². The molecule has 26 heteroatoms. The van der Waals surface area contributed by atoms with Crippen LogP contribution in [0.15, 0.2) is 0 Å². The number of rotatable bonds is 15. The molecule has 0 bridgehead atoms. The minimum Gasteiger partial charge on any atom is -0.477 e. The van der Waals surface area contributed by atoms with Crippen molar-refractivity contribution in [2.45, 2.75) is 65.9 Å². The van der Waals surface area contributed by atoms with Gasteiger partial charge in [0.15, 0.2) is 6.54 Å². The van der Waals surface area contributed by atoms with E-state index in [4.69, 9.17) is 5.11 Å². The fourth-order valence-electron chi connectivity index (χ4n) is 2.97. The number of carboxylic acid groups (broad SMARTS) is 1. The van der Waals surface area contributed by atoms with Gasteiger partial charge in [0.25, 0.3) is 5.91 Å². The number of alkyl halides is 21. The van der Waals surface area contributed by atoms with E-state index in [9.17, 15) is 102 Å². The summed E-state index contributed by atoms with van der Waals surface area (Å²) in [6.45, 7) is -2.48. The summed E-state index contributed by atoms with van der Waals surface area (Å²) in [6, 6.07) is 0. The highest BCUT2D eigenvalue weighted by molar-refractivity contribution is 5.84. The molecule has 0 unspecified atom stereocenters. The van der Waals surface area contributed by atoms with Crippen LogP contribution in [0.5, 0.6) is 0 Å². The maximum Gasteiger partial charge on any atom is 0.460 e. The van der Waals surface area contributed by atoms with Gasteiger partial charge in [-0.1, -0.05) is 0 Å². The molecule has 0 saturated heterocycles. The van der Waals surface area contributed by atoms with Crippen LogP contribution in [0.3, 0.4) is 0 Å². The van der Waals surface area contributed by atoms with Crippen molar-refractivity contribution in [1.29, 1.82) is 0 Å². The summed E-state index contributed by atoms with van der Waals surface area (Å²) in [4.78, 5) is 22.0. The Hall–Kier alpha value is -2.57. The lowest BCUT2D eigenvalue weighted by atomic mass is 9.86. The molecule has 0 aromatic heterocycles. The molecule has 2 N–H and O–H groups in total. The third-order valence-electron chi connectivity index (χ3n) is 5.58. The van der Waals surface area contributed by atoms with Gasteiger partial charge in [0.05, 0.1) is 20.6 Å². The number of halogens is 21. The van der Waals surface area contributed by atoms with E-state index >= 15 is 0 Å². The van der Waals surface area contributed by atoms with Crippen molar-refractivity contribution in [1.82, 2.24) is 5.32 Å². The average Bonchev–Trinajstić information content (AvgIpc) is 2.78. The van der Waals surface area contributed by atoms with Gasteiger partial charge in [-0.25, -0.2) is 4.79 Å². The smallest absolute Gasteiger partial charge is 0.460 e. The van der Waals surface area contributed by atoms with Crippen molar-refractivity contribution >= 4 is 11.9 Å². The Bertz CT molecular complexity index is 1070. The second-order valence-corrected chi connectivity index (χ2v) is 9.49. The van der Waals surface area contributed by atoms with Gasteiger partial charge in [0.2, 0.25) is 0 Å². The first-order valence-corrected chi connectivity index (χ1v) is 10.6. The van der Waals surface area contributed by atoms with Gasteiger partial charge >= 0.3 is 65.4 Å². The lowest BCUT2D eigenvalue weighted by Gasteiger charge is -2.44. The number of aliphatic carboxylic acids is 1. The Morgan fingerprint density at radius 3 is 1.14 bits per heavy atom. The summed E-state index contributed by atoms with van der Waals surface area (Å²) in [5, 5.41) is 9.31. The van der Waals surface area contributed by atoms with Gasteiger partial charge in [-0.05, 0) is 0 Å². The monoisotopic (exact) mass is 707 g/mol. The van der Waals surface area contributed by atoms with E-state index in [0.29, 0.717) is 5.32 Å². The van der Waals surface area contributed by atoms with Crippen molar-refractivity contribution in [3.63, 3.8) is 0 Å². The van der Waals surface area contributed by atoms with Gasteiger partial charge in [-0.3, -0.25) is 4.79 Å². The van der Waals surface area contributed by atoms with Gasteiger partial charge in [-0.2, -0.15) is 92.2 Å². The number of nitrogens with zero attached hydrogens (tertiary/aromatic N) is 1. The fourth-order valence-corrected chi connectivity index (χ4v) is 2.97. The van der Waals surface area contributed by atoms with Crippen LogP contribution in [0.1, 0.15) is 6.42 Å². The number of amides is 1. The summed E-state index contributed by atoms with van der Waals surface area (Å²) in [6.07, 6.45) is -8.76. The molecule has 0 fully saturated rings. The zero-order valence-electron chi connectivity index (χ0n) is 21.0. The van der Waals surface area contributed by atoms with Crippen LogP contribution in [0.4, 0.5) is 92.2 Å². The Balaban J connectivity index is 6.57. The molecule has 0 spiro atoms. The Labute approximate surface area is 229 Å². The number of likely N-dealkylation sites (N-methyl/N-ethyl adjacent to an activating group) is 1. The van der Waals surface area contributed by atoms with E-state index in [1.54, 1.807) is 0 Å². The minimum atomic E-state index is -9.29. The first-order valence-electron chi connectivity index (χ1n) is 10.6. The van der Waals surface area contributed by atoms with Crippen molar-refractivity contribution in [2.24, 2.45) is 0 Å². The molecule has 0 aliphatic carbocycles. The van der Waals surface area contributed by atoms with Crippen molar-refractivity contribution in [3.05, 3.63) is 0 Å². The second-order valence-electron chi connectivity index (χ2n) is 9.49. The Morgan fingerprint density at radius 1 is 0.545 bits per heavy atom. The standard InChI is InChI=1S/C18H15F21N2O3/c1-41(2,6-7(42)43)5-3-4-40-8(44)9(19,20)10(21,22)11(23,24)12(25,26)13(27,28)14(29,30)15(31,32)16(33,34)17(35,36)18(37,38)39/h3-6H2,1-2H3,(H-,40,42,43,44)/p+1. The van der Waals surface area contributed by atoms with Crippen molar-refractivity contribution in [3.8, 4) is 0 Å². The number of carbonyl (C=O) groups is 2. The summed E-state index contributed by atoms with van der Waals surface area (Å²) < 4.78 is 280. The molecule has 0 heterocycles. The summed E-state index contributed by atoms with van der Waals surface area (Å²) in [5.74, 6) is -84.3. The van der Waals surface area contributed by atoms with E-state index in [0.717, 1.165) is 14.1 Å². The summed E-state index contributed by atoms with van der Waals surface area (Å²) in [7, 11) is 2.28. The van der Waals surface area contributed by atoms with E-state index in [-0.39, 0.29) is 0 Å². The molecule has 0 atom stereocenters. The molecular weight excluding hydrogens is 691 g/mol. The largest absolute Gasteiger partial charge is 0.477 e. The maximum atomic E-state index is 13.9. The number of carbonyl (C=O) groups excluding carboxylic acids is 1. The first kappa shape index (κ1) is 41.4. The van der Waals surface area contributed by atoms with Crippen LogP contribution in [0, 0.1) is 0 Å². The SMILES string of the molecule is C[N+](C)(CCCNC(=O)C(F)(F)C(F)(F)C(F)(F)C(F)(F)C(F)(F)C(F)(F)C(F)(F)C(F)(F)C(F)(F)C(F)(F)F)CC(=O)O. The highest BCUT2D eigenvalue weighted by Crippen LogP contribution is 2.66. The van der Waals surface area contributed by atoms with Gasteiger partial charge < -0.3 is 14.9 Å². The zero-order chi connectivity index (χ0) is 36.2. The highest BCUT2D eigenvalue weighted by atomic mass is 19.4. The Morgan fingerprint density at radius 2 is 0.841 bits per heavy atom. The quantitative estimate of drug-likeness (QED) is 0.126. The molecule has 0 radical (unpaired) electrons. The molecule has 0 saturated carbocycles. The lowest BCUT2D eigenvalue weighted by Crippen LogP contribution is -2.77. The molecule has 0 aliphatic heterocycles. The number of carboxylic acids is 1. The van der Waals surface area contributed by atoms with Crippen LogP contribution >= 0.6 is 0 Å². The maximum absolute atomic E-state index is 13.9.